The molecule has 0 atom stereocenters. The first-order valence-corrected chi connectivity index (χ1v) is 5.94. The van der Waals surface area contributed by atoms with E-state index in [2.05, 4.69) is 5.32 Å². The Balaban J connectivity index is 2.01. The third-order valence-electron chi connectivity index (χ3n) is 3.09. The summed E-state index contributed by atoms with van der Waals surface area (Å²) in [5.74, 6) is 0.00957. The fourth-order valence-electron chi connectivity index (χ4n) is 1.92. The van der Waals surface area contributed by atoms with E-state index in [-0.39, 0.29) is 17.6 Å². The summed E-state index contributed by atoms with van der Waals surface area (Å²) in [6.45, 7) is 4.62. The van der Waals surface area contributed by atoms with Crippen molar-refractivity contribution in [3.8, 4) is 0 Å². The van der Waals surface area contributed by atoms with E-state index in [1.807, 2.05) is 13.0 Å². The van der Waals surface area contributed by atoms with Crippen molar-refractivity contribution in [1.82, 2.24) is 10.2 Å². The molecule has 0 bridgehead atoms. The zero-order valence-electron chi connectivity index (χ0n) is 9.95. The Morgan fingerprint density at radius 3 is 2.82 bits per heavy atom. The molecule has 0 spiro atoms. The summed E-state index contributed by atoms with van der Waals surface area (Å²) in [5, 5.41) is 3.09. The molecular formula is C13H17FN2O. The first-order valence-electron chi connectivity index (χ1n) is 5.94. The lowest BCUT2D eigenvalue weighted by atomic mass is 10.0. The molecular weight excluding hydrogens is 219 g/mol. The second-order valence-corrected chi connectivity index (χ2v) is 4.34. The van der Waals surface area contributed by atoms with Crippen molar-refractivity contribution in [3.05, 3.63) is 35.6 Å². The Kier molecular flexibility index (Phi) is 3.74. The van der Waals surface area contributed by atoms with Crippen LogP contribution in [0.2, 0.25) is 0 Å². The van der Waals surface area contributed by atoms with E-state index in [1.165, 1.54) is 12.1 Å². The van der Waals surface area contributed by atoms with Crippen LogP contribution in [0, 0.1) is 11.7 Å². The molecule has 0 aliphatic carbocycles. The van der Waals surface area contributed by atoms with Gasteiger partial charge in [-0.1, -0.05) is 12.1 Å². The van der Waals surface area contributed by atoms with Gasteiger partial charge in [0.15, 0.2) is 0 Å². The van der Waals surface area contributed by atoms with E-state index < -0.39 is 0 Å². The molecule has 1 aromatic carbocycles. The quantitative estimate of drug-likeness (QED) is 0.857. The number of hydrogen-bond acceptors (Lipinski definition) is 2. The lowest BCUT2D eigenvalue weighted by Gasteiger charge is -2.32. The number of amides is 1. The third-order valence-corrected chi connectivity index (χ3v) is 3.09. The van der Waals surface area contributed by atoms with Gasteiger partial charge in [-0.05, 0) is 24.6 Å². The van der Waals surface area contributed by atoms with Crippen LogP contribution in [0.5, 0.6) is 0 Å². The maximum atomic E-state index is 13.0. The van der Waals surface area contributed by atoms with Crippen molar-refractivity contribution in [2.75, 3.05) is 19.6 Å². The standard InChI is InChI=1S/C13H17FN2O/c1-2-16(13(17)11-7-15-8-11)9-10-4-3-5-12(14)6-10/h3-6,11,15H,2,7-9H2,1H3. The predicted molar refractivity (Wildman–Crippen MR) is 63.9 cm³/mol. The number of benzene rings is 1. The first kappa shape index (κ1) is 12.0. The number of rotatable bonds is 4. The fourth-order valence-corrected chi connectivity index (χ4v) is 1.92. The molecule has 1 saturated heterocycles. The molecule has 17 heavy (non-hydrogen) atoms. The van der Waals surface area contributed by atoms with Crippen LogP contribution in [0.15, 0.2) is 24.3 Å². The summed E-state index contributed by atoms with van der Waals surface area (Å²) >= 11 is 0. The zero-order valence-corrected chi connectivity index (χ0v) is 9.95. The van der Waals surface area contributed by atoms with Gasteiger partial charge in [-0.25, -0.2) is 4.39 Å². The first-order chi connectivity index (χ1) is 8.20. The number of halogens is 1. The summed E-state index contributed by atoms with van der Waals surface area (Å²) in [5.41, 5.74) is 0.840. The highest BCUT2D eigenvalue weighted by Gasteiger charge is 2.28. The second-order valence-electron chi connectivity index (χ2n) is 4.34. The summed E-state index contributed by atoms with van der Waals surface area (Å²) in [7, 11) is 0. The Labute approximate surface area is 101 Å². The minimum absolute atomic E-state index is 0.100. The van der Waals surface area contributed by atoms with Gasteiger partial charge >= 0.3 is 0 Å². The van der Waals surface area contributed by atoms with Gasteiger partial charge < -0.3 is 10.2 Å². The molecule has 0 unspecified atom stereocenters. The lowest BCUT2D eigenvalue weighted by molar-refractivity contribution is -0.137. The molecule has 92 valence electrons. The maximum absolute atomic E-state index is 13.0. The van der Waals surface area contributed by atoms with Crippen LogP contribution < -0.4 is 5.32 Å². The predicted octanol–water partition coefficient (Wildman–Crippen LogP) is 1.39. The Morgan fingerprint density at radius 2 is 2.29 bits per heavy atom. The van der Waals surface area contributed by atoms with Gasteiger partial charge in [0.05, 0.1) is 5.92 Å². The van der Waals surface area contributed by atoms with Crippen LogP contribution in [0.25, 0.3) is 0 Å². The molecule has 1 aromatic rings. The van der Waals surface area contributed by atoms with Crippen LogP contribution in [-0.2, 0) is 11.3 Å². The molecule has 2 rings (SSSR count). The van der Waals surface area contributed by atoms with Gasteiger partial charge in [-0.3, -0.25) is 4.79 Å². The molecule has 1 N–H and O–H groups in total. The fraction of sp³-hybridized carbons (Fsp3) is 0.462. The number of carbonyl (C=O) groups is 1. The largest absolute Gasteiger partial charge is 0.338 e. The van der Waals surface area contributed by atoms with Gasteiger partial charge in [0, 0.05) is 26.2 Å². The molecule has 0 saturated carbocycles. The minimum Gasteiger partial charge on any atom is -0.338 e. The van der Waals surface area contributed by atoms with E-state index in [0.29, 0.717) is 13.1 Å². The van der Waals surface area contributed by atoms with Crippen molar-refractivity contribution in [2.24, 2.45) is 5.92 Å². The average molecular weight is 236 g/mol. The van der Waals surface area contributed by atoms with Crippen molar-refractivity contribution in [1.29, 1.82) is 0 Å². The van der Waals surface area contributed by atoms with E-state index >= 15 is 0 Å². The molecule has 1 aliphatic heterocycles. The van der Waals surface area contributed by atoms with Gasteiger partial charge in [0.25, 0.3) is 0 Å². The van der Waals surface area contributed by atoms with Crippen LogP contribution in [0.3, 0.4) is 0 Å². The van der Waals surface area contributed by atoms with E-state index in [9.17, 15) is 9.18 Å². The normalized spacial score (nSPS) is 15.4. The topological polar surface area (TPSA) is 32.3 Å². The highest BCUT2D eigenvalue weighted by atomic mass is 19.1. The highest BCUT2D eigenvalue weighted by Crippen LogP contribution is 2.12. The SMILES string of the molecule is CCN(Cc1cccc(F)c1)C(=O)C1CNC1. The number of hydrogen-bond donors (Lipinski definition) is 1. The van der Waals surface area contributed by atoms with E-state index in [0.717, 1.165) is 18.7 Å². The molecule has 1 heterocycles. The van der Waals surface area contributed by atoms with Crippen LogP contribution in [0.1, 0.15) is 12.5 Å². The molecule has 1 fully saturated rings. The Hall–Kier alpha value is -1.42. The van der Waals surface area contributed by atoms with Gasteiger partial charge in [0.2, 0.25) is 5.91 Å². The van der Waals surface area contributed by atoms with Crippen molar-refractivity contribution >= 4 is 5.91 Å². The average Bonchev–Trinajstić information content (AvgIpc) is 2.23. The number of carbonyl (C=O) groups excluding carboxylic acids is 1. The summed E-state index contributed by atoms with van der Waals surface area (Å²) in [6.07, 6.45) is 0. The molecule has 1 aliphatic rings. The van der Waals surface area contributed by atoms with E-state index in [1.54, 1.807) is 11.0 Å². The van der Waals surface area contributed by atoms with Crippen molar-refractivity contribution < 1.29 is 9.18 Å². The molecule has 0 aromatic heterocycles. The monoisotopic (exact) mass is 236 g/mol. The Morgan fingerprint density at radius 1 is 1.53 bits per heavy atom. The molecule has 1 amide bonds. The summed E-state index contributed by atoms with van der Waals surface area (Å²) < 4.78 is 13.0. The smallest absolute Gasteiger partial charge is 0.228 e. The maximum Gasteiger partial charge on any atom is 0.228 e. The number of nitrogens with zero attached hydrogens (tertiary/aromatic N) is 1. The Bertz CT molecular complexity index is 404. The van der Waals surface area contributed by atoms with E-state index in [4.69, 9.17) is 0 Å². The van der Waals surface area contributed by atoms with Crippen LogP contribution in [-0.4, -0.2) is 30.4 Å². The molecule has 0 radical (unpaired) electrons. The third kappa shape index (κ3) is 2.82. The minimum atomic E-state index is -0.253. The van der Waals surface area contributed by atoms with Crippen molar-refractivity contribution in [3.63, 3.8) is 0 Å². The second kappa shape index (κ2) is 5.27. The van der Waals surface area contributed by atoms with Gasteiger partial charge in [-0.15, -0.1) is 0 Å². The number of nitrogens with one attached hydrogen (secondary N) is 1. The van der Waals surface area contributed by atoms with Gasteiger partial charge in [-0.2, -0.15) is 0 Å². The molecule has 3 nitrogen and oxygen atoms in total. The van der Waals surface area contributed by atoms with Crippen molar-refractivity contribution in [2.45, 2.75) is 13.5 Å². The van der Waals surface area contributed by atoms with Crippen LogP contribution >= 0.6 is 0 Å². The van der Waals surface area contributed by atoms with Crippen LogP contribution in [0.4, 0.5) is 4.39 Å². The lowest BCUT2D eigenvalue weighted by Crippen LogP contribution is -2.51. The zero-order chi connectivity index (χ0) is 12.3. The summed E-state index contributed by atoms with van der Waals surface area (Å²) in [6, 6.07) is 6.42. The molecule has 4 heteroatoms. The highest BCUT2D eigenvalue weighted by molar-refractivity contribution is 5.80. The van der Waals surface area contributed by atoms with Gasteiger partial charge in [0.1, 0.15) is 5.82 Å². The summed E-state index contributed by atoms with van der Waals surface area (Å²) in [4.78, 5) is 13.8.